The van der Waals surface area contributed by atoms with Crippen LogP contribution in [0.1, 0.15) is 12.0 Å². The first-order valence-electron chi connectivity index (χ1n) is 6.48. The minimum Gasteiger partial charge on any atom is -0.464 e. The highest BCUT2D eigenvalue weighted by atomic mass is 16.3. The lowest BCUT2D eigenvalue weighted by Gasteiger charge is -2.01. The highest BCUT2D eigenvalue weighted by molar-refractivity contribution is 6.07. The van der Waals surface area contributed by atoms with Gasteiger partial charge in [-0.15, -0.1) is 0 Å². The van der Waals surface area contributed by atoms with Crippen LogP contribution in [0.15, 0.2) is 65.3 Å². The van der Waals surface area contributed by atoms with Crippen LogP contribution < -0.4 is 0 Å². The fraction of sp³-hybridized carbons (Fsp3) is 0.111. The number of rotatable bonds is 4. The molecule has 19 heavy (non-hydrogen) atoms. The van der Waals surface area contributed by atoms with Crippen molar-refractivity contribution in [3.63, 3.8) is 0 Å². The largest absolute Gasteiger partial charge is 0.464 e. The van der Waals surface area contributed by atoms with E-state index in [1.54, 1.807) is 6.08 Å². The summed E-state index contributed by atoms with van der Waals surface area (Å²) in [5.41, 5.74) is 2.22. The van der Waals surface area contributed by atoms with Crippen LogP contribution in [0.5, 0.6) is 0 Å². The second kappa shape index (κ2) is 5.15. The Balaban J connectivity index is 2.07. The zero-order valence-electron chi connectivity index (χ0n) is 10.7. The van der Waals surface area contributed by atoms with E-state index in [1.165, 1.54) is 21.7 Å². The number of aryl methyl sites for hydroxylation is 1. The Morgan fingerprint density at radius 3 is 2.89 bits per heavy atom. The third-order valence-electron chi connectivity index (χ3n) is 3.37. The third-order valence-corrected chi connectivity index (χ3v) is 3.37. The molecule has 0 aliphatic heterocycles. The zero-order chi connectivity index (χ0) is 13.1. The van der Waals surface area contributed by atoms with Gasteiger partial charge < -0.3 is 4.42 Å². The molecule has 0 fully saturated rings. The normalized spacial score (nSPS) is 11.6. The van der Waals surface area contributed by atoms with Crippen LogP contribution in [0.25, 0.3) is 21.7 Å². The van der Waals surface area contributed by atoms with Crippen LogP contribution in [0.3, 0.4) is 0 Å². The van der Waals surface area contributed by atoms with Crippen LogP contribution in [0.4, 0.5) is 0 Å². The fourth-order valence-electron chi connectivity index (χ4n) is 2.47. The van der Waals surface area contributed by atoms with Crippen LogP contribution in [0, 0.1) is 6.58 Å². The van der Waals surface area contributed by atoms with Gasteiger partial charge in [0.05, 0.1) is 6.26 Å². The van der Waals surface area contributed by atoms with Crippen molar-refractivity contribution in [3.8, 4) is 0 Å². The summed E-state index contributed by atoms with van der Waals surface area (Å²) in [7, 11) is 0. The maximum atomic E-state index is 5.66. The number of furan rings is 1. The lowest BCUT2D eigenvalue weighted by Crippen LogP contribution is -1.82. The average molecular weight is 247 g/mol. The van der Waals surface area contributed by atoms with Gasteiger partial charge in [0.25, 0.3) is 0 Å². The number of fused-ring (bicyclic) bond motifs is 3. The topological polar surface area (TPSA) is 13.1 Å². The molecule has 0 spiro atoms. The average Bonchev–Trinajstić information content (AvgIpc) is 2.87. The summed E-state index contributed by atoms with van der Waals surface area (Å²) in [6.45, 7) is 5.32. The zero-order valence-corrected chi connectivity index (χ0v) is 10.7. The second-order valence-corrected chi connectivity index (χ2v) is 4.58. The Kier molecular flexibility index (Phi) is 3.20. The Hall–Kier alpha value is -2.28. The van der Waals surface area contributed by atoms with E-state index in [0.29, 0.717) is 0 Å². The standard InChI is InChI=1S/C18H15O/c1-2-3-4-5-9-15-13-19-17-12-11-14-8-6-7-10-16(14)18(15)17/h1-4,6-8,10-13H,5,9H2. The first kappa shape index (κ1) is 11.8. The molecule has 0 aliphatic rings. The van der Waals surface area contributed by atoms with E-state index in [1.807, 2.05) is 18.4 Å². The van der Waals surface area contributed by atoms with Gasteiger partial charge >= 0.3 is 0 Å². The summed E-state index contributed by atoms with van der Waals surface area (Å²) in [6, 6.07) is 12.6. The summed E-state index contributed by atoms with van der Waals surface area (Å²) >= 11 is 0. The van der Waals surface area contributed by atoms with E-state index in [9.17, 15) is 0 Å². The first-order valence-corrected chi connectivity index (χ1v) is 6.48. The van der Waals surface area contributed by atoms with Crippen molar-refractivity contribution in [2.24, 2.45) is 0 Å². The molecule has 0 bridgehead atoms. The van der Waals surface area contributed by atoms with Crippen LogP contribution in [-0.2, 0) is 6.42 Å². The maximum Gasteiger partial charge on any atom is 0.134 e. The molecule has 1 aromatic heterocycles. The van der Waals surface area contributed by atoms with E-state index >= 15 is 0 Å². The Morgan fingerprint density at radius 1 is 1.11 bits per heavy atom. The predicted molar refractivity (Wildman–Crippen MR) is 80.1 cm³/mol. The molecule has 1 heterocycles. The third kappa shape index (κ3) is 2.19. The van der Waals surface area contributed by atoms with Gasteiger partial charge in [-0.05, 0) is 35.2 Å². The summed E-state index contributed by atoms with van der Waals surface area (Å²) in [6.07, 6.45) is 9.31. The van der Waals surface area contributed by atoms with Crippen LogP contribution in [0.2, 0.25) is 0 Å². The lowest BCUT2D eigenvalue weighted by molar-refractivity contribution is 0.610. The van der Waals surface area contributed by atoms with Crippen LogP contribution in [-0.4, -0.2) is 0 Å². The molecule has 3 rings (SSSR count). The number of hydrogen-bond acceptors (Lipinski definition) is 1. The molecule has 0 amide bonds. The van der Waals surface area contributed by atoms with E-state index in [4.69, 9.17) is 11.0 Å². The minimum atomic E-state index is 0.961. The molecule has 1 heteroatoms. The molecule has 3 aromatic rings. The van der Waals surface area contributed by atoms with E-state index in [0.717, 1.165) is 18.4 Å². The van der Waals surface area contributed by atoms with Crippen molar-refractivity contribution in [3.05, 3.63) is 73.0 Å². The summed E-state index contributed by atoms with van der Waals surface area (Å²) in [5.74, 6) is 0. The molecular weight excluding hydrogens is 232 g/mol. The van der Waals surface area contributed by atoms with Gasteiger partial charge in [-0.1, -0.05) is 55.1 Å². The molecule has 93 valence electrons. The molecule has 0 N–H and O–H groups in total. The Bertz CT molecular complexity index is 747. The quantitative estimate of drug-likeness (QED) is 0.587. The molecule has 1 radical (unpaired) electrons. The van der Waals surface area contributed by atoms with Crippen molar-refractivity contribution in [2.75, 3.05) is 0 Å². The summed E-state index contributed by atoms with van der Waals surface area (Å²) in [5, 5.41) is 3.75. The molecule has 0 unspecified atom stereocenters. The van der Waals surface area contributed by atoms with E-state index < -0.39 is 0 Å². The van der Waals surface area contributed by atoms with Gasteiger partial charge in [-0.3, -0.25) is 0 Å². The molecule has 0 aliphatic carbocycles. The van der Waals surface area contributed by atoms with Crippen molar-refractivity contribution in [2.45, 2.75) is 12.8 Å². The monoisotopic (exact) mass is 247 g/mol. The van der Waals surface area contributed by atoms with Crippen molar-refractivity contribution in [1.82, 2.24) is 0 Å². The molecule has 0 saturated carbocycles. The number of hydrogen-bond donors (Lipinski definition) is 0. The lowest BCUT2D eigenvalue weighted by atomic mass is 10.0. The van der Waals surface area contributed by atoms with Crippen molar-refractivity contribution in [1.29, 1.82) is 0 Å². The van der Waals surface area contributed by atoms with Gasteiger partial charge in [0.15, 0.2) is 0 Å². The van der Waals surface area contributed by atoms with Gasteiger partial charge in [0.2, 0.25) is 0 Å². The van der Waals surface area contributed by atoms with Gasteiger partial charge in [-0.25, -0.2) is 0 Å². The Labute approximate surface area is 112 Å². The summed E-state index contributed by atoms with van der Waals surface area (Å²) in [4.78, 5) is 0. The maximum absolute atomic E-state index is 5.66. The van der Waals surface area contributed by atoms with E-state index in [2.05, 4.69) is 36.4 Å². The smallest absolute Gasteiger partial charge is 0.134 e. The molecular formula is C18H15O. The van der Waals surface area contributed by atoms with Crippen molar-refractivity contribution < 1.29 is 4.42 Å². The van der Waals surface area contributed by atoms with Crippen molar-refractivity contribution >= 4 is 21.7 Å². The predicted octanol–water partition coefficient (Wildman–Crippen LogP) is 5.06. The minimum absolute atomic E-state index is 0.961. The van der Waals surface area contributed by atoms with Gasteiger partial charge in [-0.2, -0.15) is 0 Å². The second-order valence-electron chi connectivity index (χ2n) is 4.58. The molecule has 2 aromatic carbocycles. The SMILES string of the molecule is [CH]=CC=CCCc1coc2ccc3ccccc3c12. The fourth-order valence-corrected chi connectivity index (χ4v) is 2.47. The molecule has 0 atom stereocenters. The Morgan fingerprint density at radius 2 is 2.00 bits per heavy atom. The first-order chi connectivity index (χ1) is 9.40. The number of benzene rings is 2. The van der Waals surface area contributed by atoms with E-state index in [-0.39, 0.29) is 0 Å². The number of allylic oxidation sites excluding steroid dienone is 3. The van der Waals surface area contributed by atoms with Crippen LogP contribution >= 0.6 is 0 Å². The molecule has 0 saturated heterocycles. The molecule has 1 nitrogen and oxygen atoms in total. The summed E-state index contributed by atoms with van der Waals surface area (Å²) < 4.78 is 5.66. The highest BCUT2D eigenvalue weighted by Crippen LogP contribution is 2.30. The van der Waals surface area contributed by atoms with Gasteiger partial charge in [0.1, 0.15) is 5.58 Å². The highest BCUT2D eigenvalue weighted by Gasteiger charge is 2.08. The van der Waals surface area contributed by atoms with Gasteiger partial charge in [0, 0.05) is 5.39 Å².